The molecule has 2 aromatic rings. The maximum absolute atomic E-state index is 11.8. The first-order valence-electron chi connectivity index (χ1n) is 5.14. The maximum atomic E-state index is 11.8. The molecule has 90 valence electrons. The summed E-state index contributed by atoms with van der Waals surface area (Å²) in [5, 5.41) is 5.03. The van der Waals surface area contributed by atoms with Gasteiger partial charge in [0.1, 0.15) is 0 Å². The molecular weight excluding hydrogens is 238 g/mol. The molecule has 1 atom stereocenters. The van der Waals surface area contributed by atoms with Crippen LogP contribution in [0.3, 0.4) is 0 Å². The average molecular weight is 251 g/mol. The number of rotatable bonds is 3. The highest BCUT2D eigenvalue weighted by molar-refractivity contribution is 7.14. The van der Waals surface area contributed by atoms with E-state index in [9.17, 15) is 4.79 Å². The van der Waals surface area contributed by atoms with Crippen molar-refractivity contribution < 1.29 is 9.21 Å². The van der Waals surface area contributed by atoms with E-state index in [2.05, 4.69) is 10.3 Å². The zero-order chi connectivity index (χ0) is 12.4. The number of amides is 1. The minimum absolute atomic E-state index is 0.137. The summed E-state index contributed by atoms with van der Waals surface area (Å²) in [6.07, 6.45) is 1.49. The summed E-state index contributed by atoms with van der Waals surface area (Å²) in [5.41, 5.74) is 7.25. The van der Waals surface area contributed by atoms with Gasteiger partial charge in [-0.05, 0) is 19.9 Å². The molecule has 17 heavy (non-hydrogen) atoms. The van der Waals surface area contributed by atoms with Crippen molar-refractivity contribution in [3.63, 3.8) is 0 Å². The third kappa shape index (κ3) is 2.54. The molecule has 2 rings (SSSR count). The van der Waals surface area contributed by atoms with Crippen LogP contribution in [0, 0.1) is 6.92 Å². The number of carbonyl (C=O) groups is 1. The Balaban J connectivity index is 2.11. The molecule has 0 fully saturated rings. The van der Waals surface area contributed by atoms with E-state index in [0.29, 0.717) is 10.9 Å². The Morgan fingerprint density at radius 3 is 2.94 bits per heavy atom. The van der Waals surface area contributed by atoms with Gasteiger partial charge in [-0.2, -0.15) is 0 Å². The summed E-state index contributed by atoms with van der Waals surface area (Å²) in [4.78, 5) is 16.0. The lowest BCUT2D eigenvalue weighted by Gasteiger charge is -2.00. The molecule has 0 bridgehead atoms. The van der Waals surface area contributed by atoms with Crippen LogP contribution < -0.4 is 11.1 Å². The first kappa shape index (κ1) is 11.8. The second kappa shape index (κ2) is 4.68. The lowest BCUT2D eigenvalue weighted by Crippen LogP contribution is -2.12. The van der Waals surface area contributed by atoms with Crippen molar-refractivity contribution in [3.8, 4) is 0 Å². The van der Waals surface area contributed by atoms with Crippen molar-refractivity contribution in [1.29, 1.82) is 0 Å². The Morgan fingerprint density at radius 1 is 1.65 bits per heavy atom. The number of anilines is 1. The van der Waals surface area contributed by atoms with E-state index in [1.54, 1.807) is 6.07 Å². The number of nitrogens with one attached hydrogen (secondary N) is 1. The van der Waals surface area contributed by atoms with E-state index in [4.69, 9.17) is 10.2 Å². The van der Waals surface area contributed by atoms with Gasteiger partial charge < -0.3 is 10.2 Å². The first-order chi connectivity index (χ1) is 8.08. The van der Waals surface area contributed by atoms with E-state index in [0.717, 1.165) is 11.3 Å². The summed E-state index contributed by atoms with van der Waals surface area (Å²) < 4.78 is 5.09. The van der Waals surface area contributed by atoms with E-state index in [-0.39, 0.29) is 11.9 Å². The second-order valence-electron chi connectivity index (χ2n) is 3.75. The fourth-order valence-electron chi connectivity index (χ4n) is 1.31. The highest BCUT2D eigenvalue weighted by atomic mass is 32.1. The number of aryl methyl sites for hydroxylation is 1. The highest BCUT2D eigenvalue weighted by Crippen LogP contribution is 2.20. The largest absolute Gasteiger partial charge is 0.459 e. The van der Waals surface area contributed by atoms with Crippen LogP contribution in [0.4, 0.5) is 5.13 Å². The number of aromatic nitrogens is 1. The predicted molar refractivity (Wildman–Crippen MR) is 66.1 cm³/mol. The fraction of sp³-hybridized carbons (Fsp3) is 0.273. The molecule has 0 spiro atoms. The monoisotopic (exact) mass is 251 g/mol. The zero-order valence-electron chi connectivity index (χ0n) is 9.56. The van der Waals surface area contributed by atoms with E-state index in [1.807, 2.05) is 19.2 Å². The lowest BCUT2D eigenvalue weighted by atomic mass is 10.3. The van der Waals surface area contributed by atoms with Crippen molar-refractivity contribution >= 4 is 22.4 Å². The van der Waals surface area contributed by atoms with E-state index < -0.39 is 0 Å². The average Bonchev–Trinajstić information content (AvgIpc) is 2.86. The van der Waals surface area contributed by atoms with Gasteiger partial charge in [-0.3, -0.25) is 10.1 Å². The zero-order valence-corrected chi connectivity index (χ0v) is 10.4. The molecule has 1 unspecified atom stereocenters. The number of hydrogen-bond acceptors (Lipinski definition) is 5. The van der Waals surface area contributed by atoms with Crippen molar-refractivity contribution in [2.75, 3.05) is 5.32 Å². The topological polar surface area (TPSA) is 81.2 Å². The minimum Gasteiger partial charge on any atom is -0.459 e. The Kier molecular flexibility index (Phi) is 3.26. The summed E-state index contributed by atoms with van der Waals surface area (Å²) in [6.45, 7) is 3.66. The van der Waals surface area contributed by atoms with Gasteiger partial charge in [0.2, 0.25) is 0 Å². The SMILES string of the molecule is Cc1ccoc1C(=O)Nc1nc(C(C)N)cs1. The smallest absolute Gasteiger partial charge is 0.293 e. The molecule has 0 saturated carbocycles. The maximum Gasteiger partial charge on any atom is 0.293 e. The minimum atomic E-state index is -0.293. The summed E-state index contributed by atoms with van der Waals surface area (Å²) in [5.74, 6) is 0.0145. The molecule has 0 aliphatic rings. The Hall–Kier alpha value is -1.66. The Morgan fingerprint density at radius 2 is 2.41 bits per heavy atom. The Labute approximate surface area is 103 Å². The number of furan rings is 1. The van der Waals surface area contributed by atoms with Gasteiger partial charge in [0.15, 0.2) is 10.9 Å². The number of thiazole rings is 1. The highest BCUT2D eigenvalue weighted by Gasteiger charge is 2.15. The Bertz CT molecular complexity index is 530. The molecule has 0 aliphatic heterocycles. The standard InChI is InChI=1S/C11H13N3O2S/c1-6-3-4-16-9(6)10(15)14-11-13-8(5-17-11)7(2)12/h3-5,7H,12H2,1-2H3,(H,13,14,15). The molecule has 0 radical (unpaired) electrons. The van der Waals surface area contributed by atoms with E-state index in [1.165, 1.54) is 17.6 Å². The number of nitrogens with two attached hydrogens (primary N) is 1. The number of nitrogens with zero attached hydrogens (tertiary/aromatic N) is 1. The van der Waals surface area contributed by atoms with Crippen molar-refractivity contribution in [3.05, 3.63) is 34.7 Å². The summed E-state index contributed by atoms with van der Waals surface area (Å²) >= 11 is 1.34. The van der Waals surface area contributed by atoms with Gasteiger partial charge >= 0.3 is 0 Å². The number of carbonyl (C=O) groups excluding carboxylic acids is 1. The summed E-state index contributed by atoms with van der Waals surface area (Å²) in [7, 11) is 0. The van der Waals surface area contributed by atoms with Gasteiger partial charge in [0.05, 0.1) is 12.0 Å². The van der Waals surface area contributed by atoms with Crippen LogP contribution in [0.5, 0.6) is 0 Å². The molecule has 0 aromatic carbocycles. The van der Waals surface area contributed by atoms with Gasteiger partial charge in [0.25, 0.3) is 5.91 Å². The molecule has 3 N–H and O–H groups in total. The third-order valence-electron chi connectivity index (χ3n) is 2.28. The summed E-state index contributed by atoms with van der Waals surface area (Å²) in [6, 6.07) is 1.60. The molecular formula is C11H13N3O2S. The second-order valence-corrected chi connectivity index (χ2v) is 4.61. The molecule has 2 aromatic heterocycles. The van der Waals surface area contributed by atoms with Gasteiger partial charge in [-0.25, -0.2) is 4.98 Å². The van der Waals surface area contributed by atoms with Crippen LogP contribution in [-0.4, -0.2) is 10.9 Å². The van der Waals surface area contributed by atoms with Crippen molar-refractivity contribution in [2.24, 2.45) is 5.73 Å². The molecule has 1 amide bonds. The first-order valence-corrected chi connectivity index (χ1v) is 6.02. The van der Waals surface area contributed by atoms with Crippen molar-refractivity contribution in [1.82, 2.24) is 4.98 Å². The molecule has 6 heteroatoms. The van der Waals surface area contributed by atoms with Gasteiger partial charge in [-0.15, -0.1) is 11.3 Å². The normalized spacial score (nSPS) is 12.4. The fourth-order valence-corrected chi connectivity index (χ4v) is 2.12. The van der Waals surface area contributed by atoms with Crippen molar-refractivity contribution in [2.45, 2.75) is 19.9 Å². The van der Waals surface area contributed by atoms with Crippen LogP contribution >= 0.6 is 11.3 Å². The molecule has 2 heterocycles. The molecule has 5 nitrogen and oxygen atoms in total. The lowest BCUT2D eigenvalue weighted by molar-refractivity contribution is 0.0996. The van der Waals surface area contributed by atoms with Crippen LogP contribution in [0.2, 0.25) is 0 Å². The van der Waals surface area contributed by atoms with E-state index >= 15 is 0 Å². The quantitative estimate of drug-likeness (QED) is 0.877. The van der Waals surface area contributed by atoms with Gasteiger partial charge in [-0.1, -0.05) is 0 Å². The van der Waals surface area contributed by atoms with Gasteiger partial charge in [0, 0.05) is 17.0 Å². The van der Waals surface area contributed by atoms with Crippen LogP contribution in [0.25, 0.3) is 0 Å². The van der Waals surface area contributed by atoms with Crippen LogP contribution in [-0.2, 0) is 0 Å². The van der Waals surface area contributed by atoms with Crippen LogP contribution in [0.1, 0.15) is 34.8 Å². The predicted octanol–water partition coefficient (Wildman–Crippen LogP) is 2.32. The molecule has 0 saturated heterocycles. The van der Waals surface area contributed by atoms with Crippen LogP contribution in [0.15, 0.2) is 22.1 Å². The molecule has 0 aliphatic carbocycles. The number of hydrogen-bond donors (Lipinski definition) is 2. The third-order valence-corrected chi connectivity index (χ3v) is 3.05.